The van der Waals surface area contributed by atoms with Crippen molar-refractivity contribution in [3.05, 3.63) is 18.1 Å². The molecule has 1 saturated heterocycles. The van der Waals surface area contributed by atoms with Crippen LogP contribution >= 0.6 is 0 Å². The molecule has 1 aromatic rings. The highest BCUT2D eigenvalue weighted by Crippen LogP contribution is 2.35. The minimum Gasteiger partial charge on any atom is -0.354 e. The van der Waals surface area contributed by atoms with Crippen LogP contribution in [0.5, 0.6) is 0 Å². The fourth-order valence-electron chi connectivity index (χ4n) is 2.94. The van der Waals surface area contributed by atoms with E-state index < -0.39 is 0 Å². The lowest BCUT2D eigenvalue weighted by Crippen LogP contribution is -2.42. The highest BCUT2D eigenvalue weighted by atomic mass is 15.2. The van der Waals surface area contributed by atoms with Gasteiger partial charge >= 0.3 is 0 Å². The smallest absolute Gasteiger partial charge is 0.183 e. The molecule has 0 spiro atoms. The van der Waals surface area contributed by atoms with Crippen molar-refractivity contribution in [2.45, 2.75) is 39.5 Å². The van der Waals surface area contributed by atoms with E-state index >= 15 is 0 Å². The number of hydrogen-bond acceptors (Lipinski definition) is 4. The van der Waals surface area contributed by atoms with Crippen molar-refractivity contribution < 1.29 is 0 Å². The molecule has 0 amide bonds. The SMILES string of the molecule is CCCC1(C)CCCN(c2nccnc2C#N)C1. The van der Waals surface area contributed by atoms with Crippen LogP contribution in [-0.4, -0.2) is 23.1 Å². The number of nitriles is 1. The van der Waals surface area contributed by atoms with Crippen molar-refractivity contribution in [1.29, 1.82) is 5.26 Å². The van der Waals surface area contributed by atoms with Gasteiger partial charge in [0.05, 0.1) is 0 Å². The normalized spacial score (nSPS) is 23.7. The van der Waals surface area contributed by atoms with Crippen LogP contribution in [0, 0.1) is 16.7 Å². The average Bonchev–Trinajstić information content (AvgIpc) is 2.38. The molecule has 0 saturated carbocycles. The van der Waals surface area contributed by atoms with Gasteiger partial charge in [0.2, 0.25) is 0 Å². The fourth-order valence-corrected chi connectivity index (χ4v) is 2.94. The van der Waals surface area contributed by atoms with E-state index in [1.54, 1.807) is 12.4 Å². The number of nitrogens with zero attached hydrogens (tertiary/aromatic N) is 4. The predicted molar refractivity (Wildman–Crippen MR) is 71.2 cm³/mol. The van der Waals surface area contributed by atoms with Crippen LogP contribution in [-0.2, 0) is 0 Å². The second-order valence-corrected chi connectivity index (χ2v) is 5.43. The van der Waals surface area contributed by atoms with Gasteiger partial charge in [0, 0.05) is 25.5 Å². The number of rotatable bonds is 3. The summed E-state index contributed by atoms with van der Waals surface area (Å²) in [5.74, 6) is 0.752. The molecule has 1 aromatic heterocycles. The molecule has 0 radical (unpaired) electrons. The van der Waals surface area contributed by atoms with E-state index in [9.17, 15) is 0 Å². The van der Waals surface area contributed by atoms with Gasteiger partial charge in [0.1, 0.15) is 6.07 Å². The van der Waals surface area contributed by atoms with Crippen molar-refractivity contribution in [2.24, 2.45) is 5.41 Å². The average molecular weight is 244 g/mol. The molecule has 1 atom stereocenters. The maximum Gasteiger partial charge on any atom is 0.183 e. The Morgan fingerprint density at radius 2 is 2.22 bits per heavy atom. The molecule has 1 aliphatic heterocycles. The Kier molecular flexibility index (Phi) is 3.81. The van der Waals surface area contributed by atoms with Crippen LogP contribution in [0.2, 0.25) is 0 Å². The topological polar surface area (TPSA) is 52.8 Å². The van der Waals surface area contributed by atoms with E-state index in [0.717, 1.165) is 25.3 Å². The third-order valence-corrected chi connectivity index (χ3v) is 3.72. The Morgan fingerprint density at radius 1 is 1.44 bits per heavy atom. The molecule has 2 heterocycles. The molecule has 0 N–H and O–H groups in total. The summed E-state index contributed by atoms with van der Waals surface area (Å²) in [6.45, 7) is 6.53. The first kappa shape index (κ1) is 12.8. The van der Waals surface area contributed by atoms with Crippen LogP contribution in [0.1, 0.15) is 45.2 Å². The Morgan fingerprint density at radius 3 is 2.94 bits per heavy atom. The molecule has 1 unspecified atom stereocenters. The number of aromatic nitrogens is 2. The Balaban J connectivity index is 2.21. The molecule has 18 heavy (non-hydrogen) atoms. The summed E-state index contributed by atoms with van der Waals surface area (Å²) in [7, 11) is 0. The van der Waals surface area contributed by atoms with E-state index in [4.69, 9.17) is 5.26 Å². The van der Waals surface area contributed by atoms with Crippen LogP contribution in [0.15, 0.2) is 12.4 Å². The van der Waals surface area contributed by atoms with Gasteiger partial charge in [-0.15, -0.1) is 0 Å². The Hall–Kier alpha value is -1.63. The van der Waals surface area contributed by atoms with E-state index in [1.165, 1.54) is 19.3 Å². The molecule has 4 nitrogen and oxygen atoms in total. The van der Waals surface area contributed by atoms with Crippen LogP contribution in [0.25, 0.3) is 0 Å². The van der Waals surface area contributed by atoms with E-state index in [2.05, 4.69) is 34.8 Å². The summed E-state index contributed by atoms with van der Waals surface area (Å²) >= 11 is 0. The van der Waals surface area contributed by atoms with Gasteiger partial charge in [0.25, 0.3) is 0 Å². The van der Waals surface area contributed by atoms with E-state index in [0.29, 0.717) is 11.1 Å². The molecular formula is C14H20N4. The zero-order valence-corrected chi connectivity index (χ0v) is 11.2. The van der Waals surface area contributed by atoms with Gasteiger partial charge in [-0.1, -0.05) is 20.3 Å². The van der Waals surface area contributed by atoms with Gasteiger partial charge in [-0.05, 0) is 24.7 Å². The first-order valence-electron chi connectivity index (χ1n) is 6.64. The van der Waals surface area contributed by atoms with Crippen molar-refractivity contribution in [2.75, 3.05) is 18.0 Å². The number of hydrogen-bond donors (Lipinski definition) is 0. The van der Waals surface area contributed by atoms with Crippen molar-refractivity contribution in [3.8, 4) is 6.07 Å². The Bertz CT molecular complexity index is 447. The summed E-state index contributed by atoms with van der Waals surface area (Å²) < 4.78 is 0. The van der Waals surface area contributed by atoms with Crippen molar-refractivity contribution in [3.63, 3.8) is 0 Å². The van der Waals surface area contributed by atoms with Crippen LogP contribution in [0.4, 0.5) is 5.82 Å². The second-order valence-electron chi connectivity index (χ2n) is 5.43. The Labute approximate surface area is 109 Å². The first-order valence-corrected chi connectivity index (χ1v) is 6.64. The van der Waals surface area contributed by atoms with Crippen molar-refractivity contribution in [1.82, 2.24) is 9.97 Å². The largest absolute Gasteiger partial charge is 0.354 e. The number of piperidine rings is 1. The highest BCUT2D eigenvalue weighted by Gasteiger charge is 2.31. The van der Waals surface area contributed by atoms with Gasteiger partial charge in [-0.3, -0.25) is 0 Å². The minimum absolute atomic E-state index is 0.344. The van der Waals surface area contributed by atoms with Crippen LogP contribution in [0.3, 0.4) is 0 Å². The molecule has 0 aromatic carbocycles. The molecule has 4 heteroatoms. The highest BCUT2D eigenvalue weighted by molar-refractivity contribution is 5.49. The summed E-state index contributed by atoms with van der Waals surface area (Å²) in [5, 5.41) is 9.10. The maximum absolute atomic E-state index is 9.10. The first-order chi connectivity index (χ1) is 8.68. The molecule has 0 bridgehead atoms. The zero-order chi connectivity index (χ0) is 13.0. The summed E-state index contributed by atoms with van der Waals surface area (Å²) in [6, 6.07) is 2.14. The van der Waals surface area contributed by atoms with Gasteiger partial charge in [-0.2, -0.15) is 5.26 Å². The molecule has 2 rings (SSSR count). The number of anilines is 1. The lowest BCUT2D eigenvalue weighted by molar-refractivity contribution is 0.238. The monoisotopic (exact) mass is 244 g/mol. The summed E-state index contributed by atoms with van der Waals surface area (Å²) in [4.78, 5) is 10.7. The van der Waals surface area contributed by atoms with Gasteiger partial charge < -0.3 is 4.90 Å². The molecule has 0 aliphatic carbocycles. The maximum atomic E-state index is 9.10. The third kappa shape index (κ3) is 2.61. The van der Waals surface area contributed by atoms with E-state index in [1.807, 2.05) is 0 Å². The van der Waals surface area contributed by atoms with Gasteiger partial charge in [0.15, 0.2) is 11.5 Å². The zero-order valence-electron chi connectivity index (χ0n) is 11.2. The summed E-state index contributed by atoms with van der Waals surface area (Å²) in [5.41, 5.74) is 0.787. The lowest BCUT2D eigenvalue weighted by Gasteiger charge is -2.41. The van der Waals surface area contributed by atoms with Gasteiger partial charge in [-0.25, -0.2) is 9.97 Å². The fraction of sp³-hybridized carbons (Fsp3) is 0.643. The molecular weight excluding hydrogens is 224 g/mol. The summed E-state index contributed by atoms with van der Waals surface area (Å²) in [6.07, 6.45) is 8.11. The third-order valence-electron chi connectivity index (χ3n) is 3.72. The lowest BCUT2D eigenvalue weighted by atomic mass is 9.78. The molecule has 1 aliphatic rings. The predicted octanol–water partition coefficient (Wildman–Crippen LogP) is 2.75. The van der Waals surface area contributed by atoms with E-state index in [-0.39, 0.29) is 0 Å². The molecule has 1 fully saturated rings. The minimum atomic E-state index is 0.344. The standard InChI is InChI=1S/C14H20N4/c1-3-5-14(2)6-4-9-18(11-14)13-12(10-15)16-7-8-17-13/h7-8H,3-6,9,11H2,1-2H3. The second kappa shape index (κ2) is 5.34. The van der Waals surface area contributed by atoms with Crippen LogP contribution < -0.4 is 4.90 Å². The molecule has 96 valence electrons. The quantitative estimate of drug-likeness (QED) is 0.820. The van der Waals surface area contributed by atoms with Crippen molar-refractivity contribution >= 4 is 5.82 Å².